The Morgan fingerprint density at radius 2 is 1.84 bits per heavy atom. The van der Waals surface area contributed by atoms with Crippen molar-refractivity contribution in [2.24, 2.45) is 0 Å². The van der Waals surface area contributed by atoms with Crippen molar-refractivity contribution in [2.75, 3.05) is 11.9 Å². The largest absolute Gasteiger partial charge is 0.388 e. The third-order valence-electron chi connectivity index (χ3n) is 2.86. The summed E-state index contributed by atoms with van der Waals surface area (Å²) < 4.78 is 0. The van der Waals surface area contributed by atoms with E-state index in [1.165, 1.54) is 6.92 Å². The van der Waals surface area contributed by atoms with Gasteiger partial charge in [-0.15, -0.1) is 0 Å². The number of nitrogens with one attached hydrogen (secondary N) is 2. The monoisotopic (exact) mass is 264 g/mol. The first-order chi connectivity index (χ1) is 8.84. The lowest BCUT2D eigenvalue weighted by atomic mass is 10.0. The van der Waals surface area contributed by atoms with Gasteiger partial charge in [0, 0.05) is 24.7 Å². The van der Waals surface area contributed by atoms with Crippen molar-refractivity contribution in [3.63, 3.8) is 0 Å². The molecule has 19 heavy (non-hydrogen) atoms. The molecule has 3 N–H and O–H groups in total. The predicted octanol–water partition coefficient (Wildman–Crippen LogP) is 1.54. The van der Waals surface area contributed by atoms with Crippen LogP contribution < -0.4 is 10.6 Å². The second-order valence-corrected chi connectivity index (χ2v) is 4.79. The fourth-order valence-electron chi connectivity index (χ4n) is 1.41. The molecule has 1 aromatic carbocycles. The summed E-state index contributed by atoms with van der Waals surface area (Å²) in [5, 5.41) is 15.1. The van der Waals surface area contributed by atoms with Crippen LogP contribution in [0.3, 0.4) is 0 Å². The van der Waals surface area contributed by atoms with Gasteiger partial charge in [-0.3, -0.25) is 9.59 Å². The van der Waals surface area contributed by atoms with E-state index in [0.717, 1.165) is 0 Å². The third kappa shape index (κ3) is 5.09. The van der Waals surface area contributed by atoms with Crippen LogP contribution in [0.1, 0.15) is 37.6 Å². The van der Waals surface area contributed by atoms with E-state index < -0.39 is 5.60 Å². The van der Waals surface area contributed by atoms with Crippen LogP contribution in [0.2, 0.25) is 0 Å². The molecule has 0 fully saturated rings. The van der Waals surface area contributed by atoms with Crippen molar-refractivity contribution in [2.45, 2.75) is 32.8 Å². The van der Waals surface area contributed by atoms with E-state index in [0.29, 0.717) is 17.7 Å². The molecule has 0 aliphatic carbocycles. The molecule has 0 saturated carbocycles. The Balaban J connectivity index is 2.60. The number of anilines is 1. The van der Waals surface area contributed by atoms with Crippen molar-refractivity contribution in [3.8, 4) is 0 Å². The second-order valence-electron chi connectivity index (χ2n) is 4.79. The van der Waals surface area contributed by atoms with Gasteiger partial charge in [-0.1, -0.05) is 6.92 Å². The molecule has 0 bridgehead atoms. The number of hydrogen-bond donors (Lipinski definition) is 3. The summed E-state index contributed by atoms with van der Waals surface area (Å²) in [6, 6.07) is 6.57. The first kappa shape index (κ1) is 15.2. The molecule has 0 aliphatic heterocycles. The zero-order valence-corrected chi connectivity index (χ0v) is 11.5. The molecular formula is C14H20N2O3. The Bertz CT molecular complexity index is 452. The number of hydrogen-bond acceptors (Lipinski definition) is 3. The quantitative estimate of drug-likeness (QED) is 0.754. The van der Waals surface area contributed by atoms with Crippen molar-refractivity contribution in [3.05, 3.63) is 29.8 Å². The maximum absolute atomic E-state index is 11.8. The molecule has 0 radical (unpaired) electrons. The van der Waals surface area contributed by atoms with Crippen LogP contribution in [0.4, 0.5) is 5.69 Å². The minimum Gasteiger partial charge on any atom is -0.388 e. The lowest BCUT2D eigenvalue weighted by Gasteiger charge is -2.21. The van der Waals surface area contributed by atoms with Crippen molar-refractivity contribution in [1.82, 2.24) is 5.32 Å². The topological polar surface area (TPSA) is 78.4 Å². The highest BCUT2D eigenvalue weighted by atomic mass is 16.3. The van der Waals surface area contributed by atoms with Gasteiger partial charge in [-0.25, -0.2) is 0 Å². The van der Waals surface area contributed by atoms with Crippen molar-refractivity contribution < 1.29 is 14.7 Å². The summed E-state index contributed by atoms with van der Waals surface area (Å²) in [6.07, 6.45) is 0.564. The number of amides is 2. The van der Waals surface area contributed by atoms with E-state index in [4.69, 9.17) is 0 Å². The van der Waals surface area contributed by atoms with E-state index in [1.54, 1.807) is 31.2 Å². The zero-order chi connectivity index (χ0) is 14.5. The standard InChI is InChI=1S/C14H20N2O3/c1-4-14(3,19)9-15-13(18)11-5-7-12(8-6-11)16-10(2)17/h5-8,19H,4,9H2,1-3H3,(H,15,18)(H,16,17). The molecule has 1 atom stereocenters. The number of benzene rings is 1. The molecule has 1 aromatic rings. The maximum Gasteiger partial charge on any atom is 0.251 e. The van der Waals surface area contributed by atoms with Gasteiger partial charge in [0.25, 0.3) is 5.91 Å². The highest BCUT2D eigenvalue weighted by molar-refractivity contribution is 5.95. The average Bonchev–Trinajstić information content (AvgIpc) is 2.36. The molecule has 2 amide bonds. The van der Waals surface area contributed by atoms with Gasteiger partial charge >= 0.3 is 0 Å². The van der Waals surface area contributed by atoms with E-state index in [2.05, 4.69) is 10.6 Å². The smallest absolute Gasteiger partial charge is 0.251 e. The molecule has 0 heterocycles. The minimum absolute atomic E-state index is 0.156. The SMILES string of the molecule is CCC(C)(O)CNC(=O)c1ccc(NC(C)=O)cc1. The maximum atomic E-state index is 11.8. The minimum atomic E-state index is -0.897. The lowest BCUT2D eigenvalue weighted by Crippen LogP contribution is -2.40. The Morgan fingerprint density at radius 1 is 1.26 bits per heavy atom. The van der Waals surface area contributed by atoms with Gasteiger partial charge in [0.1, 0.15) is 0 Å². The van der Waals surface area contributed by atoms with Gasteiger partial charge in [0.2, 0.25) is 5.91 Å². The van der Waals surface area contributed by atoms with Crippen LogP contribution in [0.15, 0.2) is 24.3 Å². The highest BCUT2D eigenvalue weighted by Crippen LogP contribution is 2.10. The second kappa shape index (κ2) is 6.33. The zero-order valence-electron chi connectivity index (χ0n) is 11.5. The van der Waals surface area contributed by atoms with Crippen LogP contribution in [0.5, 0.6) is 0 Å². The van der Waals surface area contributed by atoms with Gasteiger partial charge in [-0.05, 0) is 37.6 Å². The summed E-state index contributed by atoms with van der Waals surface area (Å²) in [7, 11) is 0. The molecule has 1 unspecified atom stereocenters. The summed E-state index contributed by atoms with van der Waals surface area (Å²) in [6.45, 7) is 5.16. The first-order valence-electron chi connectivity index (χ1n) is 6.22. The van der Waals surface area contributed by atoms with Crippen LogP contribution in [0.25, 0.3) is 0 Å². The van der Waals surface area contributed by atoms with Crippen LogP contribution in [0, 0.1) is 0 Å². The Hall–Kier alpha value is -1.88. The van der Waals surface area contributed by atoms with E-state index in [1.807, 2.05) is 6.92 Å². The Labute approximate surface area is 113 Å². The van der Waals surface area contributed by atoms with Crippen molar-refractivity contribution in [1.29, 1.82) is 0 Å². The summed E-state index contributed by atoms with van der Waals surface area (Å²) in [5.74, 6) is -0.403. The van der Waals surface area contributed by atoms with Gasteiger partial charge in [0.15, 0.2) is 0 Å². The first-order valence-corrected chi connectivity index (χ1v) is 6.22. The van der Waals surface area contributed by atoms with Crippen LogP contribution in [-0.4, -0.2) is 29.1 Å². The average molecular weight is 264 g/mol. The third-order valence-corrected chi connectivity index (χ3v) is 2.86. The van der Waals surface area contributed by atoms with Crippen LogP contribution >= 0.6 is 0 Å². The van der Waals surface area contributed by atoms with Gasteiger partial charge in [0.05, 0.1) is 5.60 Å². The summed E-state index contributed by atoms with van der Waals surface area (Å²) in [4.78, 5) is 22.7. The molecular weight excluding hydrogens is 244 g/mol. The Morgan fingerprint density at radius 3 is 2.32 bits per heavy atom. The summed E-state index contributed by atoms with van der Waals surface area (Å²) in [5.41, 5.74) is 0.233. The molecule has 0 aliphatic rings. The van der Waals surface area contributed by atoms with Crippen LogP contribution in [-0.2, 0) is 4.79 Å². The molecule has 5 nitrogen and oxygen atoms in total. The lowest BCUT2D eigenvalue weighted by molar-refractivity contribution is -0.114. The molecule has 104 valence electrons. The summed E-state index contributed by atoms with van der Waals surface area (Å²) >= 11 is 0. The number of carbonyl (C=O) groups excluding carboxylic acids is 2. The molecule has 0 spiro atoms. The van der Waals surface area contributed by atoms with Gasteiger partial charge < -0.3 is 15.7 Å². The normalized spacial score (nSPS) is 13.5. The fourth-order valence-corrected chi connectivity index (χ4v) is 1.41. The van der Waals surface area contributed by atoms with Crippen molar-refractivity contribution >= 4 is 17.5 Å². The Kier molecular flexibility index (Phi) is 5.06. The molecule has 0 aromatic heterocycles. The highest BCUT2D eigenvalue weighted by Gasteiger charge is 2.18. The number of carbonyl (C=O) groups is 2. The molecule has 5 heteroatoms. The molecule has 1 rings (SSSR count). The van der Waals surface area contributed by atoms with E-state index in [9.17, 15) is 14.7 Å². The van der Waals surface area contributed by atoms with E-state index in [-0.39, 0.29) is 18.4 Å². The number of aliphatic hydroxyl groups is 1. The number of rotatable bonds is 5. The van der Waals surface area contributed by atoms with E-state index >= 15 is 0 Å². The van der Waals surface area contributed by atoms with Gasteiger partial charge in [-0.2, -0.15) is 0 Å². The fraction of sp³-hybridized carbons (Fsp3) is 0.429. The predicted molar refractivity (Wildman–Crippen MR) is 74.0 cm³/mol. The molecule has 0 saturated heterocycles.